The standard InChI is InChI=1S/C20H21BrN2O2/c1-12(2)24-16-6-8-19(17(21)11-16)25-20-9-5-15-10-14(13(3)22)4-7-18(15)23-20/h4-13H,22H2,1-3H3. The van der Waals surface area contributed by atoms with Crippen LogP contribution >= 0.6 is 15.9 Å². The molecule has 4 nitrogen and oxygen atoms in total. The lowest BCUT2D eigenvalue weighted by Crippen LogP contribution is -2.05. The number of aromatic nitrogens is 1. The number of rotatable bonds is 5. The van der Waals surface area contributed by atoms with E-state index in [4.69, 9.17) is 15.2 Å². The van der Waals surface area contributed by atoms with Gasteiger partial charge in [0.2, 0.25) is 5.88 Å². The Kier molecular flexibility index (Phi) is 5.25. The van der Waals surface area contributed by atoms with E-state index in [1.807, 2.05) is 63.2 Å². The molecule has 0 aliphatic rings. The van der Waals surface area contributed by atoms with Crippen molar-refractivity contribution < 1.29 is 9.47 Å². The Balaban J connectivity index is 1.84. The van der Waals surface area contributed by atoms with Crippen molar-refractivity contribution in [3.63, 3.8) is 0 Å². The first-order chi connectivity index (χ1) is 11.9. The molecule has 0 fully saturated rings. The van der Waals surface area contributed by atoms with Gasteiger partial charge in [0.25, 0.3) is 0 Å². The first kappa shape index (κ1) is 17.7. The first-order valence-electron chi connectivity index (χ1n) is 8.23. The molecule has 5 heteroatoms. The maximum absolute atomic E-state index is 5.94. The fourth-order valence-electron chi connectivity index (χ4n) is 2.49. The summed E-state index contributed by atoms with van der Waals surface area (Å²) in [6, 6.07) is 15.5. The van der Waals surface area contributed by atoms with E-state index in [1.165, 1.54) is 0 Å². The number of fused-ring (bicyclic) bond motifs is 1. The molecule has 3 rings (SSSR count). The van der Waals surface area contributed by atoms with Crippen molar-refractivity contribution in [3.05, 3.63) is 58.6 Å². The average molecular weight is 401 g/mol. The van der Waals surface area contributed by atoms with E-state index in [0.29, 0.717) is 11.6 Å². The smallest absolute Gasteiger partial charge is 0.219 e. The van der Waals surface area contributed by atoms with E-state index in [9.17, 15) is 0 Å². The second kappa shape index (κ2) is 7.42. The van der Waals surface area contributed by atoms with E-state index < -0.39 is 0 Å². The van der Waals surface area contributed by atoms with Gasteiger partial charge in [0.05, 0.1) is 16.1 Å². The number of benzene rings is 2. The zero-order valence-electron chi connectivity index (χ0n) is 14.5. The van der Waals surface area contributed by atoms with Gasteiger partial charge in [-0.05, 0) is 78.7 Å². The van der Waals surface area contributed by atoms with Crippen LogP contribution in [0.1, 0.15) is 32.4 Å². The molecule has 2 aromatic carbocycles. The molecule has 0 saturated heterocycles. The summed E-state index contributed by atoms with van der Waals surface area (Å²) >= 11 is 3.52. The van der Waals surface area contributed by atoms with Crippen LogP contribution in [0.4, 0.5) is 0 Å². The molecule has 0 spiro atoms. The van der Waals surface area contributed by atoms with Crippen LogP contribution in [0, 0.1) is 0 Å². The van der Waals surface area contributed by atoms with E-state index in [2.05, 4.69) is 27.0 Å². The van der Waals surface area contributed by atoms with Gasteiger partial charge in [0.15, 0.2) is 0 Å². The third kappa shape index (κ3) is 4.30. The molecule has 0 saturated carbocycles. The SMILES string of the molecule is CC(C)Oc1ccc(Oc2ccc3cc(C(C)N)ccc3n2)c(Br)c1. The Bertz CT molecular complexity index is 894. The summed E-state index contributed by atoms with van der Waals surface area (Å²) in [4.78, 5) is 4.57. The molecule has 1 unspecified atom stereocenters. The van der Waals surface area contributed by atoms with Crippen LogP contribution < -0.4 is 15.2 Å². The van der Waals surface area contributed by atoms with Crippen molar-refractivity contribution in [1.29, 1.82) is 0 Å². The average Bonchev–Trinajstić information content (AvgIpc) is 2.56. The lowest BCUT2D eigenvalue weighted by molar-refractivity contribution is 0.242. The highest BCUT2D eigenvalue weighted by atomic mass is 79.9. The first-order valence-corrected chi connectivity index (χ1v) is 9.02. The van der Waals surface area contributed by atoms with Gasteiger partial charge < -0.3 is 15.2 Å². The highest BCUT2D eigenvalue weighted by Crippen LogP contribution is 2.33. The zero-order chi connectivity index (χ0) is 18.0. The van der Waals surface area contributed by atoms with Gasteiger partial charge >= 0.3 is 0 Å². The Morgan fingerprint density at radius 3 is 2.48 bits per heavy atom. The topological polar surface area (TPSA) is 57.4 Å². The lowest BCUT2D eigenvalue weighted by atomic mass is 10.1. The largest absolute Gasteiger partial charge is 0.491 e. The number of nitrogens with two attached hydrogens (primary N) is 1. The summed E-state index contributed by atoms with van der Waals surface area (Å²) in [6.45, 7) is 5.96. The summed E-state index contributed by atoms with van der Waals surface area (Å²) < 4.78 is 12.4. The van der Waals surface area contributed by atoms with Crippen molar-refractivity contribution >= 4 is 26.8 Å². The Hall–Kier alpha value is -2.11. The Morgan fingerprint density at radius 1 is 1.00 bits per heavy atom. The fourth-order valence-corrected chi connectivity index (χ4v) is 2.93. The number of pyridine rings is 1. The Morgan fingerprint density at radius 2 is 1.80 bits per heavy atom. The molecular weight excluding hydrogens is 380 g/mol. The second-order valence-corrected chi connectivity index (χ2v) is 7.11. The summed E-state index contributed by atoms with van der Waals surface area (Å²) in [7, 11) is 0. The highest BCUT2D eigenvalue weighted by molar-refractivity contribution is 9.10. The molecule has 1 heterocycles. The molecule has 0 radical (unpaired) electrons. The third-order valence-electron chi connectivity index (χ3n) is 3.70. The van der Waals surface area contributed by atoms with Crippen LogP contribution in [0.3, 0.4) is 0 Å². The molecule has 1 aromatic heterocycles. The number of halogens is 1. The predicted octanol–water partition coefficient (Wildman–Crippen LogP) is 5.60. The van der Waals surface area contributed by atoms with Crippen molar-refractivity contribution in [1.82, 2.24) is 4.98 Å². The number of nitrogens with zero attached hydrogens (tertiary/aromatic N) is 1. The summed E-state index contributed by atoms with van der Waals surface area (Å²) in [5.74, 6) is 2.03. The molecule has 0 aliphatic carbocycles. The van der Waals surface area contributed by atoms with Gasteiger partial charge in [-0.25, -0.2) is 4.98 Å². The van der Waals surface area contributed by atoms with Crippen LogP contribution in [-0.4, -0.2) is 11.1 Å². The second-order valence-electron chi connectivity index (χ2n) is 6.25. The normalized spacial score (nSPS) is 12.4. The predicted molar refractivity (Wildman–Crippen MR) is 104 cm³/mol. The minimum Gasteiger partial charge on any atom is -0.491 e. The zero-order valence-corrected chi connectivity index (χ0v) is 16.1. The van der Waals surface area contributed by atoms with Gasteiger partial charge in [-0.1, -0.05) is 6.07 Å². The Labute approximate surface area is 156 Å². The molecule has 3 aromatic rings. The van der Waals surface area contributed by atoms with Crippen LogP contribution in [-0.2, 0) is 0 Å². The summed E-state index contributed by atoms with van der Waals surface area (Å²) in [6.07, 6.45) is 0.127. The van der Waals surface area contributed by atoms with Gasteiger partial charge in [-0.2, -0.15) is 0 Å². The molecule has 2 N–H and O–H groups in total. The molecule has 0 aliphatic heterocycles. The van der Waals surface area contributed by atoms with Crippen molar-refractivity contribution in [2.24, 2.45) is 5.73 Å². The van der Waals surface area contributed by atoms with Gasteiger partial charge in [0.1, 0.15) is 11.5 Å². The minimum atomic E-state index is 0.00264. The maximum Gasteiger partial charge on any atom is 0.219 e. The molecule has 25 heavy (non-hydrogen) atoms. The summed E-state index contributed by atoms with van der Waals surface area (Å²) in [5, 5.41) is 1.04. The molecule has 0 amide bonds. The summed E-state index contributed by atoms with van der Waals surface area (Å²) in [5.41, 5.74) is 7.90. The van der Waals surface area contributed by atoms with E-state index >= 15 is 0 Å². The monoisotopic (exact) mass is 400 g/mol. The van der Waals surface area contributed by atoms with Crippen molar-refractivity contribution in [2.75, 3.05) is 0 Å². The van der Waals surface area contributed by atoms with E-state index in [-0.39, 0.29) is 12.1 Å². The van der Waals surface area contributed by atoms with Crippen LogP contribution in [0.5, 0.6) is 17.4 Å². The van der Waals surface area contributed by atoms with Crippen molar-refractivity contribution in [3.8, 4) is 17.4 Å². The van der Waals surface area contributed by atoms with Crippen LogP contribution in [0.15, 0.2) is 53.0 Å². The quantitative estimate of drug-likeness (QED) is 0.605. The minimum absolute atomic E-state index is 0.00264. The van der Waals surface area contributed by atoms with Gasteiger partial charge in [-0.3, -0.25) is 0 Å². The van der Waals surface area contributed by atoms with Crippen molar-refractivity contribution in [2.45, 2.75) is 32.9 Å². The highest BCUT2D eigenvalue weighted by Gasteiger charge is 2.08. The molecule has 1 atom stereocenters. The van der Waals surface area contributed by atoms with E-state index in [0.717, 1.165) is 26.7 Å². The van der Waals surface area contributed by atoms with E-state index in [1.54, 1.807) is 0 Å². The van der Waals surface area contributed by atoms with Crippen LogP contribution in [0.25, 0.3) is 10.9 Å². The number of ether oxygens (including phenoxy) is 2. The third-order valence-corrected chi connectivity index (χ3v) is 4.32. The fraction of sp³-hybridized carbons (Fsp3) is 0.250. The number of hydrogen-bond donors (Lipinski definition) is 1. The molecular formula is C20H21BrN2O2. The molecule has 130 valence electrons. The van der Waals surface area contributed by atoms with Gasteiger partial charge in [-0.15, -0.1) is 0 Å². The lowest BCUT2D eigenvalue weighted by Gasteiger charge is -2.12. The maximum atomic E-state index is 5.94. The van der Waals surface area contributed by atoms with Gasteiger partial charge in [0, 0.05) is 17.5 Å². The molecule has 0 bridgehead atoms. The van der Waals surface area contributed by atoms with Crippen LogP contribution in [0.2, 0.25) is 0 Å². The number of hydrogen-bond acceptors (Lipinski definition) is 4.